The zero-order valence-electron chi connectivity index (χ0n) is 8.99. The highest BCUT2D eigenvalue weighted by atomic mass is 35.5. The summed E-state index contributed by atoms with van der Waals surface area (Å²) in [5.41, 5.74) is 1.57. The molecule has 2 aromatic rings. The second-order valence-electron chi connectivity index (χ2n) is 3.45. The molecule has 0 aliphatic carbocycles. The van der Waals surface area contributed by atoms with Crippen LogP contribution in [0.3, 0.4) is 0 Å². The fraction of sp³-hybridized carbons (Fsp3) is 0.0769. The number of halogens is 3. The third-order valence-corrected chi connectivity index (χ3v) is 2.54. The van der Waals surface area contributed by atoms with Crippen molar-refractivity contribution in [1.29, 1.82) is 0 Å². The van der Waals surface area contributed by atoms with Gasteiger partial charge in [0.15, 0.2) is 0 Å². The van der Waals surface area contributed by atoms with Crippen LogP contribution >= 0.6 is 24.0 Å². The van der Waals surface area contributed by atoms with Gasteiger partial charge in [-0.2, -0.15) is 0 Å². The predicted molar refractivity (Wildman–Crippen MR) is 72.4 cm³/mol. The molecule has 0 aliphatic rings. The maximum absolute atomic E-state index is 13.3. The zero-order chi connectivity index (χ0) is 11.4. The second kappa shape index (κ2) is 6.48. The summed E-state index contributed by atoms with van der Waals surface area (Å²) in [6.45, 7) is 0.467. The Morgan fingerprint density at radius 3 is 2.29 bits per heavy atom. The molecule has 0 saturated carbocycles. The van der Waals surface area contributed by atoms with E-state index in [1.807, 2.05) is 18.2 Å². The molecule has 0 aromatic heterocycles. The third kappa shape index (κ3) is 3.91. The Morgan fingerprint density at radius 1 is 1.00 bits per heavy atom. The molecule has 0 radical (unpaired) electrons. The lowest BCUT2D eigenvalue weighted by Crippen LogP contribution is -2.01. The fourth-order valence-electron chi connectivity index (χ4n) is 1.41. The molecule has 0 aliphatic heterocycles. The summed E-state index contributed by atoms with van der Waals surface area (Å²) in [4.78, 5) is 0. The van der Waals surface area contributed by atoms with E-state index in [0.29, 0.717) is 17.1 Å². The highest BCUT2D eigenvalue weighted by Gasteiger charge is 1.99. The molecule has 0 fully saturated rings. The van der Waals surface area contributed by atoms with Crippen LogP contribution in [-0.4, -0.2) is 0 Å². The van der Waals surface area contributed by atoms with E-state index < -0.39 is 0 Å². The molecular formula is C13H12Cl2FN. The quantitative estimate of drug-likeness (QED) is 0.866. The van der Waals surface area contributed by atoms with Crippen molar-refractivity contribution < 1.29 is 4.39 Å². The van der Waals surface area contributed by atoms with Crippen LogP contribution in [0, 0.1) is 5.82 Å². The molecule has 0 heterocycles. The van der Waals surface area contributed by atoms with E-state index in [4.69, 9.17) is 11.6 Å². The Balaban J connectivity index is 0.00000144. The highest BCUT2D eigenvalue weighted by molar-refractivity contribution is 6.30. The maximum atomic E-state index is 13.3. The molecule has 0 spiro atoms. The summed E-state index contributed by atoms with van der Waals surface area (Å²) in [5, 5.41) is 3.82. The van der Waals surface area contributed by atoms with E-state index >= 15 is 0 Å². The first-order valence-electron chi connectivity index (χ1n) is 4.98. The first kappa shape index (κ1) is 13.8. The maximum Gasteiger partial charge on any atom is 0.128 e. The van der Waals surface area contributed by atoms with Gasteiger partial charge in [0.2, 0.25) is 0 Å². The van der Waals surface area contributed by atoms with Crippen molar-refractivity contribution in [2.24, 2.45) is 0 Å². The first-order valence-corrected chi connectivity index (χ1v) is 5.36. The Morgan fingerprint density at radius 2 is 1.65 bits per heavy atom. The zero-order valence-corrected chi connectivity index (χ0v) is 10.6. The number of nitrogens with one attached hydrogen (secondary N) is 1. The molecule has 0 amide bonds. The van der Waals surface area contributed by atoms with Gasteiger partial charge >= 0.3 is 0 Å². The molecule has 2 aromatic carbocycles. The van der Waals surface area contributed by atoms with Crippen LogP contribution in [-0.2, 0) is 6.54 Å². The fourth-order valence-corrected chi connectivity index (χ4v) is 1.53. The Kier molecular flexibility index (Phi) is 5.26. The summed E-state index contributed by atoms with van der Waals surface area (Å²) in [7, 11) is 0. The highest BCUT2D eigenvalue weighted by Crippen LogP contribution is 2.15. The molecule has 0 saturated heterocycles. The minimum Gasteiger partial charge on any atom is -0.381 e. The first-order chi connectivity index (χ1) is 7.75. The van der Waals surface area contributed by atoms with Gasteiger partial charge in [-0.1, -0.05) is 29.8 Å². The van der Waals surface area contributed by atoms with Crippen LogP contribution in [0.5, 0.6) is 0 Å². The smallest absolute Gasteiger partial charge is 0.128 e. The van der Waals surface area contributed by atoms with E-state index in [-0.39, 0.29) is 18.2 Å². The van der Waals surface area contributed by atoms with Crippen LogP contribution in [0.2, 0.25) is 5.02 Å². The number of anilines is 1. The van der Waals surface area contributed by atoms with Crippen LogP contribution in [0.15, 0.2) is 48.5 Å². The van der Waals surface area contributed by atoms with Crippen LogP contribution in [0.4, 0.5) is 10.1 Å². The summed E-state index contributed by atoms with van der Waals surface area (Å²) in [5.74, 6) is -0.191. The monoisotopic (exact) mass is 271 g/mol. The van der Waals surface area contributed by atoms with Crippen molar-refractivity contribution in [3.8, 4) is 0 Å². The van der Waals surface area contributed by atoms with Gasteiger partial charge < -0.3 is 5.32 Å². The Bertz CT molecular complexity index is 471. The number of hydrogen-bond acceptors (Lipinski definition) is 1. The van der Waals surface area contributed by atoms with Crippen molar-refractivity contribution in [1.82, 2.24) is 0 Å². The lowest BCUT2D eigenvalue weighted by molar-refractivity contribution is 0.613. The molecule has 4 heteroatoms. The number of hydrogen-bond donors (Lipinski definition) is 1. The van der Waals surface area contributed by atoms with E-state index in [1.54, 1.807) is 24.3 Å². The average Bonchev–Trinajstić information content (AvgIpc) is 2.30. The van der Waals surface area contributed by atoms with Gasteiger partial charge in [-0.3, -0.25) is 0 Å². The molecule has 1 N–H and O–H groups in total. The summed E-state index contributed by atoms with van der Waals surface area (Å²) in [6, 6.07) is 14.0. The molecule has 17 heavy (non-hydrogen) atoms. The van der Waals surface area contributed by atoms with Gasteiger partial charge in [0.25, 0.3) is 0 Å². The Labute approximate surface area is 111 Å². The second-order valence-corrected chi connectivity index (χ2v) is 3.89. The minimum atomic E-state index is -0.191. The summed E-state index contributed by atoms with van der Waals surface area (Å²) >= 11 is 5.77. The standard InChI is InChI=1S/C13H11ClFN.ClH/c14-11-5-7-12(8-6-11)16-9-10-3-1-2-4-13(10)15;/h1-8,16H,9H2;1H. The average molecular weight is 272 g/mol. The van der Waals surface area contributed by atoms with Gasteiger partial charge in [0, 0.05) is 22.8 Å². The van der Waals surface area contributed by atoms with Crippen LogP contribution in [0.25, 0.3) is 0 Å². The van der Waals surface area contributed by atoms with Crippen LogP contribution < -0.4 is 5.32 Å². The summed E-state index contributed by atoms with van der Waals surface area (Å²) in [6.07, 6.45) is 0. The minimum absolute atomic E-state index is 0. The van der Waals surface area contributed by atoms with E-state index in [2.05, 4.69) is 5.32 Å². The van der Waals surface area contributed by atoms with Crippen molar-refractivity contribution in [3.05, 3.63) is 64.9 Å². The third-order valence-electron chi connectivity index (χ3n) is 2.29. The SMILES string of the molecule is Cl.Fc1ccccc1CNc1ccc(Cl)cc1. The van der Waals surface area contributed by atoms with Crippen molar-refractivity contribution in [3.63, 3.8) is 0 Å². The molecule has 0 bridgehead atoms. The van der Waals surface area contributed by atoms with E-state index in [1.165, 1.54) is 6.07 Å². The van der Waals surface area contributed by atoms with E-state index in [9.17, 15) is 4.39 Å². The van der Waals surface area contributed by atoms with Gasteiger partial charge in [0.1, 0.15) is 5.82 Å². The van der Waals surface area contributed by atoms with Crippen LogP contribution in [0.1, 0.15) is 5.56 Å². The lowest BCUT2D eigenvalue weighted by atomic mass is 10.2. The largest absolute Gasteiger partial charge is 0.381 e. The molecule has 90 valence electrons. The molecule has 0 atom stereocenters. The molecular weight excluding hydrogens is 260 g/mol. The normalized spacial score (nSPS) is 9.53. The number of rotatable bonds is 3. The molecule has 0 unspecified atom stereocenters. The van der Waals surface area contributed by atoms with Crippen molar-refractivity contribution >= 4 is 29.7 Å². The number of benzene rings is 2. The molecule has 1 nitrogen and oxygen atoms in total. The van der Waals surface area contributed by atoms with Crippen molar-refractivity contribution in [2.45, 2.75) is 6.54 Å². The van der Waals surface area contributed by atoms with Gasteiger partial charge in [-0.25, -0.2) is 4.39 Å². The van der Waals surface area contributed by atoms with Crippen molar-refractivity contribution in [2.75, 3.05) is 5.32 Å². The van der Waals surface area contributed by atoms with Gasteiger partial charge in [-0.05, 0) is 30.3 Å². The predicted octanol–water partition coefficient (Wildman–Crippen LogP) is 4.51. The Hall–Kier alpha value is -1.25. The topological polar surface area (TPSA) is 12.0 Å². The summed E-state index contributed by atoms with van der Waals surface area (Å²) < 4.78 is 13.3. The molecule has 2 rings (SSSR count). The van der Waals surface area contributed by atoms with Gasteiger partial charge in [-0.15, -0.1) is 12.4 Å². The lowest BCUT2D eigenvalue weighted by Gasteiger charge is -2.07. The van der Waals surface area contributed by atoms with Gasteiger partial charge in [0.05, 0.1) is 0 Å². The van der Waals surface area contributed by atoms with E-state index in [0.717, 1.165) is 5.69 Å².